The summed E-state index contributed by atoms with van der Waals surface area (Å²) in [6.07, 6.45) is -4.50. The maximum absolute atomic E-state index is 14.6. The van der Waals surface area contributed by atoms with E-state index in [1.54, 1.807) is 0 Å². The van der Waals surface area contributed by atoms with Gasteiger partial charge in [0.15, 0.2) is 0 Å². The van der Waals surface area contributed by atoms with Gasteiger partial charge in [-0.1, -0.05) is 12.8 Å². The van der Waals surface area contributed by atoms with Crippen molar-refractivity contribution in [3.05, 3.63) is 51.2 Å². The van der Waals surface area contributed by atoms with E-state index in [2.05, 4.69) is 17.9 Å². The number of nitrogens with one attached hydrogen (secondary N) is 2. The summed E-state index contributed by atoms with van der Waals surface area (Å²) in [4.78, 5) is 24.2. The Morgan fingerprint density at radius 2 is 1.93 bits per heavy atom. The van der Waals surface area contributed by atoms with Gasteiger partial charge in [0, 0.05) is 5.56 Å². The Kier molecular flexibility index (Phi) is 6.27. The van der Waals surface area contributed by atoms with Crippen LogP contribution in [0.1, 0.15) is 28.4 Å². The Bertz CT molecular complexity index is 1130. The number of alkyl halides is 3. The van der Waals surface area contributed by atoms with E-state index in [1.807, 2.05) is 9.44 Å². The van der Waals surface area contributed by atoms with Crippen LogP contribution in [-0.4, -0.2) is 29.9 Å². The van der Waals surface area contributed by atoms with E-state index in [9.17, 15) is 35.6 Å². The van der Waals surface area contributed by atoms with Crippen LogP contribution in [0.4, 0.5) is 23.2 Å². The lowest BCUT2D eigenvalue weighted by Crippen LogP contribution is -2.28. The van der Waals surface area contributed by atoms with Crippen molar-refractivity contribution in [2.45, 2.75) is 20.0 Å². The van der Waals surface area contributed by atoms with Crippen molar-refractivity contribution < 1.29 is 30.8 Å². The van der Waals surface area contributed by atoms with Crippen molar-refractivity contribution in [3.63, 3.8) is 0 Å². The fourth-order valence-corrected chi connectivity index (χ4v) is 3.06. The van der Waals surface area contributed by atoms with Gasteiger partial charge in [0.2, 0.25) is 10.0 Å². The van der Waals surface area contributed by atoms with Crippen molar-refractivity contribution in [2.75, 3.05) is 10.5 Å². The maximum Gasteiger partial charge on any atom is 0.418 e. The predicted octanol–water partition coefficient (Wildman–Crippen LogP) is 2.04. The molecule has 0 atom stereocenters. The molecule has 1 amide bonds. The third-order valence-electron chi connectivity index (χ3n) is 3.83. The minimum atomic E-state index is -4.84. The minimum Gasteiger partial charge on any atom is -0.299 e. The summed E-state index contributed by atoms with van der Waals surface area (Å²) in [6, 6.07) is 1.39. The van der Waals surface area contributed by atoms with Crippen LogP contribution in [0.25, 0.3) is 5.69 Å². The number of carbonyl (C=O) groups excluding carboxylic acids is 1. The number of halogens is 4. The first-order valence-electron chi connectivity index (χ1n) is 7.77. The molecule has 14 heteroatoms. The van der Waals surface area contributed by atoms with Gasteiger partial charge in [-0.15, -0.1) is 0 Å². The van der Waals surface area contributed by atoms with Gasteiger partial charge in [-0.05, 0) is 26.0 Å². The first-order valence-corrected chi connectivity index (χ1v) is 9.87. The van der Waals surface area contributed by atoms with E-state index in [0.717, 1.165) is 13.0 Å². The average Bonchev–Trinajstić information content (AvgIpc) is 2.63. The van der Waals surface area contributed by atoms with E-state index in [-0.39, 0.29) is 5.75 Å². The van der Waals surface area contributed by atoms with Crippen LogP contribution >= 0.6 is 12.8 Å². The highest BCUT2D eigenvalue weighted by Gasteiger charge is 2.34. The van der Waals surface area contributed by atoms with Crippen molar-refractivity contribution in [1.82, 2.24) is 14.5 Å². The molecule has 0 aliphatic carbocycles. The van der Waals surface area contributed by atoms with Crippen LogP contribution < -0.4 is 15.0 Å². The zero-order valence-corrected chi connectivity index (χ0v) is 16.5. The molecular weight excluding hydrogens is 440 g/mol. The number of sulfonamides is 1. The fraction of sp³-hybridized carbons (Fsp3) is 0.267. The third-order valence-corrected chi connectivity index (χ3v) is 5.33. The third kappa shape index (κ3) is 4.70. The van der Waals surface area contributed by atoms with Gasteiger partial charge in [-0.3, -0.25) is 19.0 Å². The molecule has 1 aromatic carbocycles. The van der Waals surface area contributed by atoms with Gasteiger partial charge in [-0.2, -0.15) is 23.0 Å². The Labute approximate surface area is 167 Å². The summed E-state index contributed by atoms with van der Waals surface area (Å²) >= 11 is 3.53. The molecule has 0 unspecified atom stereocenters. The van der Waals surface area contributed by atoms with Crippen molar-refractivity contribution >= 4 is 34.4 Å². The van der Waals surface area contributed by atoms with Gasteiger partial charge in [0.1, 0.15) is 11.5 Å². The van der Waals surface area contributed by atoms with Crippen LogP contribution in [0, 0.1) is 12.7 Å². The standard InChI is InChI=1S/C15H14F4N4O4S2/c1-3-29(26,27)22-11-5-12(10(16)4-8(11)13(24)21-28)23-14(25)7(2)9(6-20-23)15(17,18)19/h4-6,22,28H,3H2,1-2H3,(H,21,24). The predicted molar refractivity (Wildman–Crippen MR) is 99.1 cm³/mol. The molecule has 0 aliphatic heterocycles. The van der Waals surface area contributed by atoms with Crippen LogP contribution in [0.5, 0.6) is 0 Å². The highest BCUT2D eigenvalue weighted by atomic mass is 32.2. The Balaban J connectivity index is 2.76. The van der Waals surface area contributed by atoms with Crippen LogP contribution in [0.3, 0.4) is 0 Å². The number of aromatic nitrogens is 2. The second kappa shape index (κ2) is 8.02. The zero-order chi connectivity index (χ0) is 22.1. The number of nitrogens with zero attached hydrogens (tertiary/aromatic N) is 2. The van der Waals surface area contributed by atoms with E-state index < -0.39 is 61.5 Å². The molecule has 8 nitrogen and oxygen atoms in total. The molecule has 1 heterocycles. The lowest BCUT2D eigenvalue weighted by molar-refractivity contribution is -0.138. The number of hydrogen-bond acceptors (Lipinski definition) is 6. The first kappa shape index (κ1) is 22.7. The Hall–Kier alpha value is -2.61. The summed E-state index contributed by atoms with van der Waals surface area (Å²) in [6.45, 7) is 2.20. The molecule has 0 bridgehead atoms. The van der Waals surface area contributed by atoms with Gasteiger partial charge < -0.3 is 0 Å². The molecule has 0 radical (unpaired) electrons. The molecule has 158 valence electrons. The average molecular weight is 454 g/mol. The fourth-order valence-electron chi connectivity index (χ4n) is 2.29. The molecule has 2 rings (SSSR count). The summed E-state index contributed by atoms with van der Waals surface area (Å²) in [7, 11) is -3.93. The minimum absolute atomic E-state index is 0.339. The summed E-state index contributed by atoms with van der Waals surface area (Å²) in [5.41, 5.74) is -4.83. The molecule has 29 heavy (non-hydrogen) atoms. The van der Waals surface area contributed by atoms with Gasteiger partial charge >= 0.3 is 6.18 Å². The number of benzene rings is 1. The molecule has 2 aromatic rings. The number of carbonyl (C=O) groups is 1. The second-order valence-electron chi connectivity index (χ2n) is 5.69. The lowest BCUT2D eigenvalue weighted by Gasteiger charge is -2.15. The van der Waals surface area contributed by atoms with Crippen molar-refractivity contribution in [1.29, 1.82) is 0 Å². The highest BCUT2D eigenvalue weighted by molar-refractivity contribution is 7.92. The number of anilines is 1. The molecule has 1 aromatic heterocycles. The topological polar surface area (TPSA) is 110 Å². The van der Waals surface area contributed by atoms with E-state index >= 15 is 0 Å². The van der Waals surface area contributed by atoms with Crippen LogP contribution in [0.15, 0.2) is 23.1 Å². The molecule has 0 spiro atoms. The van der Waals surface area contributed by atoms with E-state index in [0.29, 0.717) is 16.9 Å². The van der Waals surface area contributed by atoms with Gasteiger partial charge in [0.25, 0.3) is 11.5 Å². The highest BCUT2D eigenvalue weighted by Crippen LogP contribution is 2.30. The summed E-state index contributed by atoms with van der Waals surface area (Å²) in [5.74, 6) is -2.55. The molecule has 0 saturated carbocycles. The number of hydrogen-bond donors (Lipinski definition) is 3. The molecule has 0 saturated heterocycles. The molecule has 0 aliphatic rings. The van der Waals surface area contributed by atoms with Crippen LogP contribution in [0.2, 0.25) is 0 Å². The van der Waals surface area contributed by atoms with Crippen LogP contribution in [-0.2, 0) is 16.2 Å². The summed E-state index contributed by atoms with van der Waals surface area (Å²) in [5, 5.41) is 3.34. The second-order valence-corrected chi connectivity index (χ2v) is 7.93. The zero-order valence-electron chi connectivity index (χ0n) is 14.8. The van der Waals surface area contributed by atoms with Gasteiger partial charge in [-0.25, -0.2) is 12.8 Å². The van der Waals surface area contributed by atoms with Gasteiger partial charge in [0.05, 0.1) is 28.8 Å². The number of rotatable bonds is 5. The SMILES string of the molecule is CCS(=O)(=O)Nc1cc(-n2ncc(C(F)(F)F)c(C)c2=O)c(F)cc1C(=O)NS. The maximum atomic E-state index is 14.6. The first-order chi connectivity index (χ1) is 13.3. The smallest absolute Gasteiger partial charge is 0.299 e. The van der Waals surface area contributed by atoms with Crippen molar-refractivity contribution in [2.24, 2.45) is 0 Å². The largest absolute Gasteiger partial charge is 0.418 e. The normalized spacial score (nSPS) is 12.0. The monoisotopic (exact) mass is 454 g/mol. The molecule has 2 N–H and O–H groups in total. The molecular formula is C15H14F4N4O4S2. The summed E-state index contributed by atoms with van der Waals surface area (Å²) < 4.78 is 81.4. The Morgan fingerprint density at radius 1 is 1.31 bits per heavy atom. The lowest BCUT2D eigenvalue weighted by atomic mass is 10.1. The number of amides is 1. The Morgan fingerprint density at radius 3 is 2.45 bits per heavy atom. The van der Waals surface area contributed by atoms with E-state index in [1.165, 1.54) is 6.92 Å². The van der Waals surface area contributed by atoms with E-state index in [4.69, 9.17) is 0 Å². The quantitative estimate of drug-likeness (QED) is 0.473. The molecule has 0 fully saturated rings. The van der Waals surface area contributed by atoms with Crippen molar-refractivity contribution in [3.8, 4) is 5.69 Å². The number of thiol groups is 1.